The molecule has 0 bridgehead atoms. The molecule has 1 amide bonds. The molecule has 1 aliphatic rings. The summed E-state index contributed by atoms with van der Waals surface area (Å²) in [6.45, 7) is 2.14. The van der Waals surface area contributed by atoms with Crippen molar-refractivity contribution >= 4 is 11.6 Å². The highest BCUT2D eigenvalue weighted by molar-refractivity contribution is 6.03. The lowest BCUT2D eigenvalue weighted by molar-refractivity contribution is 0.101. The fourth-order valence-corrected chi connectivity index (χ4v) is 2.55. The molecule has 10 heteroatoms. The van der Waals surface area contributed by atoms with Crippen LogP contribution in [0.5, 0.6) is 0 Å². The number of carbonyl (C=O) groups is 1. The molecule has 134 valence electrons. The molecule has 1 N–H and O–H groups in total. The minimum Gasteiger partial charge on any atom is -0.359 e. The monoisotopic (exact) mass is 361 g/mol. The number of rotatable bonds is 4. The number of carbonyl (C=O) groups excluding carboxylic acids is 1. The van der Waals surface area contributed by atoms with Gasteiger partial charge in [0, 0.05) is 6.07 Å². The molecule has 5 nitrogen and oxygen atoms in total. The molecule has 1 aromatic heterocycles. The molecule has 2 heterocycles. The maximum Gasteiger partial charge on any atom is 0.278 e. The highest BCUT2D eigenvalue weighted by atomic mass is 19.2. The van der Waals surface area contributed by atoms with Gasteiger partial charge in [0.25, 0.3) is 5.91 Å². The summed E-state index contributed by atoms with van der Waals surface area (Å²) in [7, 11) is 0. The normalized spacial score (nSPS) is 14.9. The quantitative estimate of drug-likeness (QED) is 0.516. The van der Waals surface area contributed by atoms with Crippen LogP contribution in [0.3, 0.4) is 0 Å². The van der Waals surface area contributed by atoms with Gasteiger partial charge in [0.15, 0.2) is 34.7 Å². The first-order chi connectivity index (χ1) is 11.9. The largest absolute Gasteiger partial charge is 0.359 e. The fraction of sp³-hybridized carbons (Fsp3) is 0.333. The van der Waals surface area contributed by atoms with Gasteiger partial charge in [-0.05, 0) is 25.9 Å². The molecule has 0 atom stereocenters. The number of amides is 1. The van der Waals surface area contributed by atoms with E-state index in [1.54, 1.807) is 5.32 Å². The number of hydrogen-bond acceptors (Lipinski definition) is 4. The van der Waals surface area contributed by atoms with Gasteiger partial charge >= 0.3 is 0 Å². The van der Waals surface area contributed by atoms with Crippen LogP contribution >= 0.6 is 0 Å². The van der Waals surface area contributed by atoms with Crippen LogP contribution in [0.1, 0.15) is 29.1 Å². The van der Waals surface area contributed by atoms with Gasteiger partial charge in [-0.2, -0.15) is 0 Å². The number of aromatic nitrogens is 1. The van der Waals surface area contributed by atoms with Crippen LogP contribution in [0.2, 0.25) is 0 Å². The summed E-state index contributed by atoms with van der Waals surface area (Å²) in [5, 5.41) is 5.09. The van der Waals surface area contributed by atoms with E-state index in [2.05, 4.69) is 10.1 Å². The molecule has 1 aliphatic heterocycles. The van der Waals surface area contributed by atoms with Crippen molar-refractivity contribution in [1.82, 2.24) is 10.1 Å². The van der Waals surface area contributed by atoms with Gasteiger partial charge in [-0.25, -0.2) is 22.0 Å². The number of hydrogen-bond donors (Lipinski definition) is 1. The second-order valence-corrected chi connectivity index (χ2v) is 5.56. The third-order valence-electron chi connectivity index (χ3n) is 3.82. The molecule has 3 rings (SSSR count). The van der Waals surface area contributed by atoms with Gasteiger partial charge in [-0.1, -0.05) is 5.16 Å². The van der Waals surface area contributed by atoms with E-state index in [1.807, 2.05) is 0 Å². The van der Waals surface area contributed by atoms with Gasteiger partial charge in [-0.3, -0.25) is 9.69 Å². The van der Waals surface area contributed by atoms with Crippen LogP contribution in [0.15, 0.2) is 10.6 Å². The van der Waals surface area contributed by atoms with Crippen molar-refractivity contribution in [3.05, 3.63) is 46.6 Å². The maximum absolute atomic E-state index is 13.6. The maximum atomic E-state index is 13.6. The van der Waals surface area contributed by atoms with Gasteiger partial charge in [0.05, 0.1) is 6.54 Å². The summed E-state index contributed by atoms with van der Waals surface area (Å²) >= 11 is 0. The van der Waals surface area contributed by atoms with E-state index in [9.17, 15) is 26.7 Å². The predicted octanol–water partition coefficient (Wildman–Crippen LogP) is 3.22. The van der Waals surface area contributed by atoms with Crippen molar-refractivity contribution in [2.75, 3.05) is 18.4 Å². The van der Waals surface area contributed by atoms with Crippen molar-refractivity contribution in [3.8, 4) is 0 Å². The highest BCUT2D eigenvalue weighted by Gasteiger charge is 2.28. The lowest BCUT2D eigenvalue weighted by Gasteiger charge is -2.10. The Hall–Kier alpha value is -2.49. The Kier molecular flexibility index (Phi) is 4.71. The van der Waals surface area contributed by atoms with E-state index < -0.39 is 40.7 Å². The van der Waals surface area contributed by atoms with E-state index in [0.29, 0.717) is 12.3 Å². The van der Waals surface area contributed by atoms with E-state index in [4.69, 9.17) is 4.52 Å². The first-order valence-electron chi connectivity index (χ1n) is 7.39. The van der Waals surface area contributed by atoms with Crippen molar-refractivity contribution < 1.29 is 31.3 Å². The summed E-state index contributed by atoms with van der Waals surface area (Å²) in [6, 6.07) is 1.25. The average molecular weight is 361 g/mol. The van der Waals surface area contributed by atoms with Crippen LogP contribution in [0.4, 0.5) is 27.6 Å². The van der Waals surface area contributed by atoms with Crippen molar-refractivity contribution in [2.45, 2.75) is 19.4 Å². The Labute approximate surface area is 138 Å². The summed E-state index contributed by atoms with van der Waals surface area (Å²) in [5.41, 5.74) is -1.77. The highest BCUT2D eigenvalue weighted by Crippen LogP contribution is 2.27. The molecular formula is C15H12F5N3O2. The zero-order chi connectivity index (χ0) is 18.1. The number of benzene rings is 1. The van der Waals surface area contributed by atoms with Crippen LogP contribution in [0, 0.1) is 29.1 Å². The number of nitrogens with one attached hydrogen (secondary N) is 1. The van der Waals surface area contributed by atoms with Crippen LogP contribution in [-0.4, -0.2) is 29.1 Å². The molecule has 0 aliphatic carbocycles. The number of likely N-dealkylation sites (tertiary alicyclic amines) is 1. The second kappa shape index (κ2) is 6.79. The van der Waals surface area contributed by atoms with Crippen LogP contribution in [0.25, 0.3) is 0 Å². The Balaban J connectivity index is 1.78. The molecule has 0 radical (unpaired) electrons. The van der Waals surface area contributed by atoms with Crippen LogP contribution in [-0.2, 0) is 6.54 Å². The third-order valence-corrected chi connectivity index (χ3v) is 3.82. The molecule has 1 saturated heterocycles. The van der Waals surface area contributed by atoms with Crippen molar-refractivity contribution in [3.63, 3.8) is 0 Å². The zero-order valence-electron chi connectivity index (χ0n) is 12.7. The topological polar surface area (TPSA) is 58.4 Å². The second-order valence-electron chi connectivity index (χ2n) is 5.56. The zero-order valence-corrected chi connectivity index (χ0v) is 12.7. The van der Waals surface area contributed by atoms with E-state index in [-0.39, 0.29) is 5.69 Å². The number of anilines is 1. The first-order valence-corrected chi connectivity index (χ1v) is 7.39. The molecule has 1 aromatic carbocycles. The molecule has 0 spiro atoms. The average Bonchev–Trinajstić information content (AvgIpc) is 3.27. The molecule has 1 fully saturated rings. The molecule has 0 saturated carbocycles. The Morgan fingerprint density at radius 3 is 2.20 bits per heavy atom. The minimum absolute atomic E-state index is 0.335. The Morgan fingerprint density at radius 1 is 1.04 bits per heavy atom. The van der Waals surface area contributed by atoms with E-state index >= 15 is 0 Å². The third kappa shape index (κ3) is 3.34. The predicted molar refractivity (Wildman–Crippen MR) is 75.2 cm³/mol. The summed E-state index contributed by atoms with van der Waals surface area (Å²) < 4.78 is 71.4. The molecule has 25 heavy (non-hydrogen) atoms. The molecule has 0 unspecified atom stereocenters. The molecule has 2 aromatic rings. The van der Waals surface area contributed by atoms with Gasteiger partial charge in [0.1, 0.15) is 5.69 Å². The van der Waals surface area contributed by atoms with Crippen molar-refractivity contribution in [2.24, 2.45) is 0 Å². The molecular weight excluding hydrogens is 349 g/mol. The van der Waals surface area contributed by atoms with E-state index in [1.165, 1.54) is 6.07 Å². The first kappa shape index (κ1) is 17.3. The number of halogens is 5. The van der Waals surface area contributed by atoms with Gasteiger partial charge in [-0.15, -0.1) is 0 Å². The van der Waals surface area contributed by atoms with Crippen LogP contribution < -0.4 is 5.32 Å². The smallest absolute Gasteiger partial charge is 0.278 e. The fourth-order valence-electron chi connectivity index (χ4n) is 2.55. The summed E-state index contributed by atoms with van der Waals surface area (Å²) in [4.78, 5) is 14.0. The minimum atomic E-state index is -2.30. The Morgan fingerprint density at radius 2 is 1.60 bits per heavy atom. The van der Waals surface area contributed by atoms with E-state index in [0.717, 1.165) is 25.9 Å². The Bertz CT molecular complexity index is 789. The summed E-state index contributed by atoms with van der Waals surface area (Å²) in [5.74, 6) is -11.7. The lowest BCUT2D eigenvalue weighted by atomic mass is 10.2. The van der Waals surface area contributed by atoms with Gasteiger partial charge < -0.3 is 9.84 Å². The van der Waals surface area contributed by atoms with Gasteiger partial charge in [0.2, 0.25) is 5.82 Å². The lowest BCUT2D eigenvalue weighted by Crippen LogP contribution is -2.18. The standard InChI is InChI=1S/C15H12F5N3O2/c16-9-10(17)12(19)14(13(20)11(9)18)21-15(24)8-5-7(25-22-8)6-23-3-1-2-4-23/h5H,1-4,6H2,(H,21,24). The number of nitrogens with zero attached hydrogens (tertiary/aromatic N) is 2. The van der Waals surface area contributed by atoms with Crippen molar-refractivity contribution in [1.29, 1.82) is 0 Å². The SMILES string of the molecule is O=C(Nc1c(F)c(F)c(F)c(F)c1F)c1cc(CN2CCCC2)on1. The summed E-state index contributed by atoms with van der Waals surface area (Å²) in [6.07, 6.45) is 2.09.